The molecule has 0 aliphatic heterocycles. The molecule has 0 saturated carbocycles. The van der Waals surface area contributed by atoms with Crippen molar-refractivity contribution >= 4 is 0 Å². The Morgan fingerprint density at radius 2 is 1.80 bits per heavy atom. The van der Waals surface area contributed by atoms with E-state index in [0.29, 0.717) is 0 Å². The fourth-order valence-corrected chi connectivity index (χ4v) is 0.515. The highest BCUT2D eigenvalue weighted by atomic mass is 13.9. The molecular formula is C10H17. The maximum absolute atomic E-state index is 2.16. The van der Waals surface area contributed by atoms with E-state index < -0.39 is 0 Å². The van der Waals surface area contributed by atoms with Crippen LogP contribution in [0.1, 0.15) is 34.1 Å². The van der Waals surface area contributed by atoms with Gasteiger partial charge in [0.2, 0.25) is 0 Å². The molecule has 0 saturated heterocycles. The Morgan fingerprint density at radius 3 is 2.20 bits per heavy atom. The molecule has 0 heteroatoms. The van der Waals surface area contributed by atoms with Gasteiger partial charge < -0.3 is 0 Å². The molecule has 0 rings (SSSR count). The van der Waals surface area contributed by atoms with E-state index in [4.69, 9.17) is 0 Å². The fraction of sp³-hybridized carbons (Fsp3) is 0.500. The molecule has 0 aromatic carbocycles. The Kier molecular flexibility index (Phi) is 5.00. The first-order valence-corrected chi connectivity index (χ1v) is 3.82. The van der Waals surface area contributed by atoms with Gasteiger partial charge in [0.05, 0.1) is 0 Å². The van der Waals surface area contributed by atoms with Gasteiger partial charge in [-0.15, -0.1) is 0 Å². The van der Waals surface area contributed by atoms with E-state index in [9.17, 15) is 0 Å². The third kappa shape index (κ3) is 4.37. The second-order valence-corrected chi connectivity index (χ2v) is 2.69. The number of rotatable bonds is 3. The molecule has 0 aromatic rings. The van der Waals surface area contributed by atoms with Gasteiger partial charge in [-0.05, 0) is 27.2 Å². The lowest BCUT2D eigenvalue weighted by atomic mass is 10.1. The Balaban J connectivity index is 3.70. The highest BCUT2D eigenvalue weighted by molar-refractivity contribution is 5.22. The second kappa shape index (κ2) is 5.28. The SMILES string of the molecule is CCC=C[CH]C(C)=C(C)C. The molecule has 0 aliphatic carbocycles. The summed E-state index contributed by atoms with van der Waals surface area (Å²) in [5.74, 6) is 0. The molecule has 0 nitrogen and oxygen atoms in total. The van der Waals surface area contributed by atoms with Crippen molar-refractivity contribution in [2.24, 2.45) is 0 Å². The molecule has 0 bridgehead atoms. The third-order valence-corrected chi connectivity index (χ3v) is 1.51. The van der Waals surface area contributed by atoms with Gasteiger partial charge in [0.1, 0.15) is 0 Å². The molecule has 0 N–H and O–H groups in total. The van der Waals surface area contributed by atoms with Crippen LogP contribution < -0.4 is 0 Å². The van der Waals surface area contributed by atoms with Crippen molar-refractivity contribution < 1.29 is 0 Å². The van der Waals surface area contributed by atoms with Gasteiger partial charge in [0.25, 0.3) is 0 Å². The Labute approximate surface area is 64.6 Å². The van der Waals surface area contributed by atoms with Crippen molar-refractivity contribution in [3.63, 3.8) is 0 Å². The summed E-state index contributed by atoms with van der Waals surface area (Å²) in [5, 5.41) is 0. The van der Waals surface area contributed by atoms with Crippen LogP contribution in [0, 0.1) is 6.42 Å². The van der Waals surface area contributed by atoms with Crippen molar-refractivity contribution in [1.82, 2.24) is 0 Å². The summed E-state index contributed by atoms with van der Waals surface area (Å²) in [4.78, 5) is 0. The minimum atomic E-state index is 1.12. The summed E-state index contributed by atoms with van der Waals surface area (Å²) < 4.78 is 0. The van der Waals surface area contributed by atoms with E-state index in [1.54, 1.807) is 0 Å². The lowest BCUT2D eigenvalue weighted by Gasteiger charge is -1.96. The number of hydrogen-bond acceptors (Lipinski definition) is 0. The van der Waals surface area contributed by atoms with Gasteiger partial charge in [-0.2, -0.15) is 0 Å². The summed E-state index contributed by atoms with van der Waals surface area (Å²) in [7, 11) is 0. The maximum Gasteiger partial charge on any atom is 0.00767 e. The first-order chi connectivity index (χ1) is 4.68. The summed E-state index contributed by atoms with van der Waals surface area (Å²) in [6.07, 6.45) is 7.54. The first-order valence-electron chi connectivity index (χ1n) is 3.82. The maximum atomic E-state index is 2.16. The lowest BCUT2D eigenvalue weighted by molar-refractivity contribution is 1.21. The van der Waals surface area contributed by atoms with Crippen LogP contribution in [0.2, 0.25) is 0 Å². The van der Waals surface area contributed by atoms with Crippen LogP contribution in [0.5, 0.6) is 0 Å². The molecule has 0 heterocycles. The Hall–Kier alpha value is -0.520. The lowest BCUT2D eigenvalue weighted by Crippen LogP contribution is -1.77. The largest absolute Gasteiger partial charge is 0.0882 e. The highest BCUT2D eigenvalue weighted by Crippen LogP contribution is 2.05. The third-order valence-electron chi connectivity index (χ3n) is 1.51. The summed E-state index contributed by atoms with van der Waals surface area (Å²) in [6.45, 7) is 8.54. The predicted molar refractivity (Wildman–Crippen MR) is 47.8 cm³/mol. The standard InChI is InChI=1S/C10H17/c1-5-6-7-8-10(4)9(2)3/h6-8H,5H2,1-4H3. The van der Waals surface area contributed by atoms with Crippen LogP contribution in [-0.4, -0.2) is 0 Å². The van der Waals surface area contributed by atoms with Crippen LogP contribution in [0.4, 0.5) is 0 Å². The molecule has 0 atom stereocenters. The van der Waals surface area contributed by atoms with Crippen molar-refractivity contribution in [2.75, 3.05) is 0 Å². The molecule has 10 heavy (non-hydrogen) atoms. The van der Waals surface area contributed by atoms with Gasteiger partial charge in [-0.1, -0.05) is 30.2 Å². The quantitative estimate of drug-likeness (QED) is 0.558. The Bertz CT molecular complexity index is 134. The van der Waals surface area contributed by atoms with Gasteiger partial charge in [0, 0.05) is 6.42 Å². The summed E-state index contributed by atoms with van der Waals surface area (Å²) >= 11 is 0. The molecule has 0 spiro atoms. The minimum absolute atomic E-state index is 1.12. The minimum Gasteiger partial charge on any atom is -0.0882 e. The zero-order valence-corrected chi connectivity index (χ0v) is 7.44. The molecule has 0 aromatic heterocycles. The summed E-state index contributed by atoms with van der Waals surface area (Å²) in [6, 6.07) is 0. The average molecular weight is 137 g/mol. The molecule has 0 amide bonds. The van der Waals surface area contributed by atoms with Crippen LogP contribution in [-0.2, 0) is 0 Å². The Morgan fingerprint density at radius 1 is 1.20 bits per heavy atom. The van der Waals surface area contributed by atoms with Crippen LogP contribution in [0.15, 0.2) is 23.3 Å². The van der Waals surface area contributed by atoms with Crippen molar-refractivity contribution in [2.45, 2.75) is 34.1 Å². The molecule has 0 fully saturated rings. The second-order valence-electron chi connectivity index (χ2n) is 2.69. The van der Waals surface area contributed by atoms with Crippen LogP contribution in [0.25, 0.3) is 0 Å². The van der Waals surface area contributed by atoms with Crippen molar-refractivity contribution in [1.29, 1.82) is 0 Å². The highest BCUT2D eigenvalue weighted by Gasteiger charge is 1.86. The molecule has 57 valence electrons. The van der Waals surface area contributed by atoms with Crippen molar-refractivity contribution in [3.05, 3.63) is 29.7 Å². The molecule has 0 aliphatic rings. The smallest absolute Gasteiger partial charge is 0.00767 e. The van der Waals surface area contributed by atoms with E-state index in [0.717, 1.165) is 6.42 Å². The zero-order chi connectivity index (χ0) is 7.98. The van der Waals surface area contributed by atoms with Crippen LogP contribution in [0.3, 0.4) is 0 Å². The first kappa shape index (κ1) is 9.48. The molecule has 1 radical (unpaired) electrons. The van der Waals surface area contributed by atoms with E-state index in [-0.39, 0.29) is 0 Å². The predicted octanol–water partition coefficient (Wildman–Crippen LogP) is 3.51. The fourth-order valence-electron chi connectivity index (χ4n) is 0.515. The topological polar surface area (TPSA) is 0 Å². The molecule has 0 unspecified atom stereocenters. The van der Waals surface area contributed by atoms with Crippen LogP contribution >= 0.6 is 0 Å². The molecular weight excluding hydrogens is 120 g/mol. The number of hydrogen-bond donors (Lipinski definition) is 0. The number of allylic oxidation sites excluding steroid dienone is 4. The van der Waals surface area contributed by atoms with Crippen molar-refractivity contribution in [3.8, 4) is 0 Å². The van der Waals surface area contributed by atoms with Gasteiger partial charge in [-0.3, -0.25) is 0 Å². The average Bonchev–Trinajstić information content (AvgIpc) is 1.88. The van der Waals surface area contributed by atoms with Gasteiger partial charge >= 0.3 is 0 Å². The summed E-state index contributed by atoms with van der Waals surface area (Å²) in [5.41, 5.74) is 2.76. The van der Waals surface area contributed by atoms with E-state index >= 15 is 0 Å². The van der Waals surface area contributed by atoms with E-state index in [1.165, 1.54) is 11.1 Å². The van der Waals surface area contributed by atoms with E-state index in [2.05, 4.69) is 46.3 Å². The van der Waals surface area contributed by atoms with Gasteiger partial charge in [-0.25, -0.2) is 0 Å². The normalized spacial score (nSPS) is 10.4. The van der Waals surface area contributed by atoms with E-state index in [1.807, 2.05) is 0 Å². The monoisotopic (exact) mass is 137 g/mol. The van der Waals surface area contributed by atoms with Gasteiger partial charge in [0.15, 0.2) is 0 Å². The zero-order valence-electron chi connectivity index (χ0n) is 7.44.